The predicted molar refractivity (Wildman–Crippen MR) is 84.3 cm³/mol. The van der Waals surface area contributed by atoms with Crippen molar-refractivity contribution in [1.29, 1.82) is 5.26 Å². The fourth-order valence-corrected chi connectivity index (χ4v) is 2.87. The first-order valence-corrected chi connectivity index (χ1v) is 7.25. The van der Waals surface area contributed by atoms with E-state index >= 15 is 0 Å². The molecule has 0 N–H and O–H groups in total. The largest absolute Gasteiger partial charge is 1.00 e. The van der Waals surface area contributed by atoms with E-state index in [0.717, 1.165) is 11.7 Å². The van der Waals surface area contributed by atoms with E-state index in [2.05, 4.69) is 8.75 Å². The summed E-state index contributed by atoms with van der Waals surface area (Å²) in [4.78, 5) is 23.0. The van der Waals surface area contributed by atoms with Crippen molar-refractivity contribution in [3.05, 3.63) is 63.7 Å². The quantitative estimate of drug-likeness (QED) is 0.288. The molecule has 0 saturated heterocycles. The Morgan fingerprint density at radius 3 is 2.50 bits per heavy atom. The number of non-ortho nitro benzene ring substituents is 1. The maximum atomic E-state index is 12.6. The van der Waals surface area contributed by atoms with Crippen LogP contribution in [0, 0.1) is 21.4 Å². The number of carbonyl (C=O) groups is 1. The smallest absolute Gasteiger partial charge is 1.00 e. The first-order chi connectivity index (χ1) is 11.1. The number of carbonyl (C=O) groups excluding carboxylic acids is 1. The van der Waals surface area contributed by atoms with Gasteiger partial charge in [-0.15, -0.1) is 0 Å². The van der Waals surface area contributed by atoms with Gasteiger partial charge in [-0.2, -0.15) is 14.0 Å². The number of hydrogen-bond acceptors (Lipinski definition) is 7. The maximum Gasteiger partial charge on any atom is 1.00 e. The molecule has 1 aromatic heterocycles. The number of fused-ring (bicyclic) bond motifs is 1. The van der Waals surface area contributed by atoms with Gasteiger partial charge in [0.25, 0.3) is 5.69 Å². The molecule has 3 rings (SSSR count). The van der Waals surface area contributed by atoms with Crippen LogP contribution >= 0.6 is 11.7 Å². The van der Waals surface area contributed by atoms with Gasteiger partial charge in [0.05, 0.1) is 22.7 Å². The van der Waals surface area contributed by atoms with E-state index < -0.39 is 10.8 Å². The summed E-state index contributed by atoms with van der Waals surface area (Å²) >= 11 is 0.809. The van der Waals surface area contributed by atoms with Crippen LogP contribution in [-0.4, -0.2) is 19.5 Å². The molecule has 1 heterocycles. The molecule has 7 nitrogen and oxygen atoms in total. The van der Waals surface area contributed by atoms with Gasteiger partial charge in [-0.25, -0.2) is 0 Å². The summed E-state index contributed by atoms with van der Waals surface area (Å²) in [5, 5.41) is 20.5. The minimum absolute atomic E-state index is 0. The Morgan fingerprint density at radius 1 is 1.21 bits per heavy atom. The third-order valence-corrected chi connectivity index (χ3v) is 3.91. The first-order valence-electron chi connectivity index (χ1n) is 6.52. The van der Waals surface area contributed by atoms with Crippen LogP contribution in [0.4, 0.5) is 5.69 Å². The van der Waals surface area contributed by atoms with Crippen molar-refractivity contribution < 1.29 is 40.7 Å². The SMILES string of the molecule is N#CC(C(=O)c1ccccc1)c1ccc([N+](=O)[O-])c2nsnc12.[H-].[Na+]. The van der Waals surface area contributed by atoms with Crippen LogP contribution < -0.4 is 29.6 Å². The summed E-state index contributed by atoms with van der Waals surface area (Å²) in [5.41, 5.74) is 0.851. The number of ketones is 1. The zero-order chi connectivity index (χ0) is 16.4. The normalized spacial score (nSPS) is 11.3. The third-order valence-electron chi connectivity index (χ3n) is 3.38. The second-order valence-corrected chi connectivity index (χ2v) is 5.21. The fourth-order valence-electron chi connectivity index (χ4n) is 2.29. The summed E-state index contributed by atoms with van der Waals surface area (Å²) in [7, 11) is 0. The van der Waals surface area contributed by atoms with E-state index in [9.17, 15) is 20.2 Å². The molecule has 3 aromatic rings. The van der Waals surface area contributed by atoms with Gasteiger partial charge in [0.1, 0.15) is 11.4 Å². The Bertz CT molecular complexity index is 958. The van der Waals surface area contributed by atoms with Crippen molar-refractivity contribution in [3.63, 3.8) is 0 Å². The van der Waals surface area contributed by atoms with Gasteiger partial charge in [0.2, 0.25) is 0 Å². The molecular weight excluding hydrogens is 339 g/mol. The molecule has 0 spiro atoms. The van der Waals surface area contributed by atoms with Crippen molar-refractivity contribution >= 4 is 34.2 Å². The molecule has 1 atom stereocenters. The molecule has 0 amide bonds. The van der Waals surface area contributed by atoms with Crippen molar-refractivity contribution in [2.24, 2.45) is 0 Å². The van der Waals surface area contributed by atoms with Gasteiger partial charge in [0.15, 0.2) is 11.3 Å². The summed E-state index contributed by atoms with van der Waals surface area (Å²) in [6.45, 7) is 0. The second-order valence-electron chi connectivity index (χ2n) is 4.68. The number of benzene rings is 2. The molecule has 0 radical (unpaired) electrons. The molecule has 1 unspecified atom stereocenters. The second kappa shape index (κ2) is 7.59. The van der Waals surface area contributed by atoms with Crippen molar-refractivity contribution in [1.82, 2.24) is 8.75 Å². The molecule has 0 saturated carbocycles. The molecule has 2 aromatic carbocycles. The van der Waals surface area contributed by atoms with Crippen molar-refractivity contribution in [2.45, 2.75) is 5.92 Å². The summed E-state index contributed by atoms with van der Waals surface area (Å²) in [6, 6.07) is 13.0. The third kappa shape index (κ3) is 3.20. The number of nitrogens with zero attached hydrogens (tertiary/aromatic N) is 4. The van der Waals surface area contributed by atoms with Gasteiger partial charge >= 0.3 is 29.6 Å². The zero-order valence-corrected chi connectivity index (χ0v) is 15.4. The van der Waals surface area contributed by atoms with Gasteiger partial charge in [-0.05, 0) is 6.07 Å². The van der Waals surface area contributed by atoms with Crippen molar-refractivity contribution in [2.75, 3.05) is 0 Å². The molecule has 114 valence electrons. The maximum absolute atomic E-state index is 12.6. The number of nitro benzene ring substituents is 1. The molecular formula is C15H9N4NaO3S. The van der Waals surface area contributed by atoms with Crippen LogP contribution in [0.5, 0.6) is 0 Å². The van der Waals surface area contributed by atoms with Gasteiger partial charge in [-0.3, -0.25) is 14.9 Å². The summed E-state index contributed by atoms with van der Waals surface area (Å²) < 4.78 is 7.95. The van der Waals surface area contributed by atoms with E-state index in [1.54, 1.807) is 30.3 Å². The fraction of sp³-hybridized carbons (Fsp3) is 0.0667. The molecule has 0 bridgehead atoms. The predicted octanol–water partition coefficient (Wildman–Crippen LogP) is 0.206. The van der Waals surface area contributed by atoms with Gasteiger partial charge < -0.3 is 1.43 Å². The zero-order valence-electron chi connectivity index (χ0n) is 13.5. The Kier molecular flexibility index (Phi) is 5.75. The Morgan fingerprint density at radius 2 is 1.88 bits per heavy atom. The number of hydrogen-bond donors (Lipinski definition) is 0. The molecule has 0 fully saturated rings. The summed E-state index contributed by atoms with van der Waals surface area (Å²) in [6.07, 6.45) is 0. The van der Waals surface area contributed by atoms with Crippen molar-refractivity contribution in [3.8, 4) is 6.07 Å². The molecule has 0 aliphatic rings. The van der Waals surface area contributed by atoms with Crippen LogP contribution in [0.3, 0.4) is 0 Å². The topological polar surface area (TPSA) is 110 Å². The van der Waals surface area contributed by atoms with Crippen LogP contribution in [-0.2, 0) is 0 Å². The van der Waals surface area contributed by atoms with E-state index in [1.807, 2.05) is 6.07 Å². The number of aromatic nitrogens is 2. The summed E-state index contributed by atoms with van der Waals surface area (Å²) in [5.74, 6) is -1.47. The van der Waals surface area contributed by atoms with Crippen LogP contribution in [0.2, 0.25) is 0 Å². The van der Waals surface area contributed by atoms with E-state index in [4.69, 9.17) is 0 Å². The monoisotopic (exact) mass is 348 g/mol. The van der Waals surface area contributed by atoms with E-state index in [-0.39, 0.29) is 53.5 Å². The molecule has 0 aliphatic carbocycles. The van der Waals surface area contributed by atoms with Gasteiger partial charge in [0, 0.05) is 17.2 Å². The minimum atomic E-state index is -1.09. The standard InChI is InChI=1S/C15H8N4O3S.Na.H/c16-8-11(15(20)9-4-2-1-3-5-9)10-6-7-12(19(21)22)14-13(10)17-23-18-14;;/h1-7,11H;;/q;+1;-1. The van der Waals surface area contributed by atoms with Crippen LogP contribution in [0.1, 0.15) is 23.3 Å². The minimum Gasteiger partial charge on any atom is -1.00 e. The molecule has 0 aliphatic heterocycles. The Balaban J connectivity index is 0.00000156. The molecule has 24 heavy (non-hydrogen) atoms. The van der Waals surface area contributed by atoms with Crippen LogP contribution in [0.25, 0.3) is 11.0 Å². The number of nitriles is 1. The Hall–Kier alpha value is -2.18. The Labute approximate surface area is 164 Å². The van der Waals surface area contributed by atoms with E-state index in [0.29, 0.717) is 11.1 Å². The first kappa shape index (κ1) is 18.2. The number of rotatable bonds is 4. The average Bonchev–Trinajstić information content (AvgIpc) is 3.05. The van der Waals surface area contributed by atoms with E-state index in [1.165, 1.54) is 12.1 Å². The average molecular weight is 348 g/mol. The number of Topliss-reactive ketones (excluding diaryl/α,β-unsaturated/α-hetero) is 1. The van der Waals surface area contributed by atoms with Gasteiger partial charge in [-0.1, -0.05) is 30.3 Å². The molecule has 9 heteroatoms. The van der Waals surface area contributed by atoms with Crippen LogP contribution in [0.15, 0.2) is 42.5 Å². The number of nitro groups is 1.